The predicted octanol–water partition coefficient (Wildman–Crippen LogP) is 2.27. The maximum absolute atomic E-state index is 11.9. The molecule has 0 unspecified atom stereocenters. The Labute approximate surface area is 112 Å². The number of alkyl halides is 3. The number of aromatic nitrogens is 2. The molecule has 0 atom stereocenters. The lowest BCUT2D eigenvalue weighted by molar-refractivity contribution is -0.178. The van der Waals surface area contributed by atoms with Gasteiger partial charge >= 0.3 is 6.18 Å². The Morgan fingerprint density at radius 1 is 1.20 bits per heavy atom. The van der Waals surface area contributed by atoms with E-state index in [1.807, 2.05) is 12.1 Å². The normalized spacial score (nSPS) is 11.8. The summed E-state index contributed by atoms with van der Waals surface area (Å²) in [4.78, 5) is 3.95. The van der Waals surface area contributed by atoms with E-state index in [-0.39, 0.29) is 12.5 Å². The molecule has 1 aromatic heterocycles. The van der Waals surface area contributed by atoms with Crippen LogP contribution in [0.5, 0.6) is 0 Å². The number of ether oxygens (including phenoxy) is 1. The molecule has 0 amide bonds. The third kappa shape index (κ3) is 4.04. The van der Waals surface area contributed by atoms with E-state index in [1.54, 1.807) is 12.1 Å². The molecule has 0 radical (unpaired) electrons. The van der Waals surface area contributed by atoms with Crippen LogP contribution in [0.25, 0.3) is 11.4 Å². The fraction of sp³-hybridized carbons (Fsp3) is 0.333. The molecule has 108 valence electrons. The van der Waals surface area contributed by atoms with E-state index in [1.165, 1.54) is 0 Å². The van der Waals surface area contributed by atoms with E-state index < -0.39 is 12.8 Å². The zero-order valence-electron chi connectivity index (χ0n) is 10.4. The Balaban J connectivity index is 1.97. The largest absolute Gasteiger partial charge is 0.411 e. The van der Waals surface area contributed by atoms with Gasteiger partial charge in [0.1, 0.15) is 13.2 Å². The molecule has 0 fully saturated rings. The highest BCUT2D eigenvalue weighted by Crippen LogP contribution is 2.18. The number of rotatable bonds is 5. The summed E-state index contributed by atoms with van der Waals surface area (Å²) in [5, 5.41) is 3.68. The first kappa shape index (κ1) is 14.5. The second-order valence-corrected chi connectivity index (χ2v) is 4.02. The maximum atomic E-state index is 11.9. The Bertz CT molecular complexity index is 552. The van der Waals surface area contributed by atoms with Crippen molar-refractivity contribution in [3.63, 3.8) is 0 Å². The number of hydrogen-bond donors (Lipinski definition) is 1. The summed E-state index contributed by atoms with van der Waals surface area (Å²) in [5.74, 6) is 0.284. The van der Waals surface area contributed by atoms with Crippen LogP contribution in [0.2, 0.25) is 0 Å². The van der Waals surface area contributed by atoms with Gasteiger partial charge in [0.05, 0.1) is 0 Å². The summed E-state index contributed by atoms with van der Waals surface area (Å²) in [7, 11) is 0. The number of nitrogens with two attached hydrogens (primary N) is 1. The van der Waals surface area contributed by atoms with Gasteiger partial charge in [-0.05, 0) is 5.56 Å². The average molecular weight is 287 g/mol. The molecule has 0 bridgehead atoms. The van der Waals surface area contributed by atoms with Gasteiger partial charge < -0.3 is 15.0 Å². The first-order chi connectivity index (χ1) is 9.48. The van der Waals surface area contributed by atoms with Crippen LogP contribution >= 0.6 is 0 Å². The number of benzene rings is 1. The topological polar surface area (TPSA) is 74.2 Å². The Kier molecular flexibility index (Phi) is 4.35. The lowest BCUT2D eigenvalue weighted by Crippen LogP contribution is -2.16. The standard InChI is InChI=1S/C12H12F3N3O2/c13-12(14,15)7-19-6-10-17-11(18-20-10)9-3-1-8(5-16)2-4-9/h1-4H,5-7,16H2. The third-order valence-electron chi connectivity index (χ3n) is 2.41. The van der Waals surface area contributed by atoms with Crippen molar-refractivity contribution in [1.82, 2.24) is 10.1 Å². The Morgan fingerprint density at radius 3 is 2.50 bits per heavy atom. The van der Waals surface area contributed by atoms with Crippen LogP contribution < -0.4 is 5.73 Å². The highest BCUT2D eigenvalue weighted by Gasteiger charge is 2.27. The van der Waals surface area contributed by atoms with Gasteiger partial charge in [0.2, 0.25) is 5.82 Å². The van der Waals surface area contributed by atoms with Crippen molar-refractivity contribution >= 4 is 0 Å². The Morgan fingerprint density at radius 2 is 1.90 bits per heavy atom. The van der Waals surface area contributed by atoms with E-state index in [9.17, 15) is 13.2 Å². The summed E-state index contributed by atoms with van der Waals surface area (Å²) >= 11 is 0. The van der Waals surface area contributed by atoms with Crippen molar-refractivity contribution in [2.75, 3.05) is 6.61 Å². The first-order valence-corrected chi connectivity index (χ1v) is 5.74. The summed E-state index contributed by atoms with van der Waals surface area (Å²) in [6.45, 7) is -1.31. The Hall–Kier alpha value is -1.93. The zero-order valence-corrected chi connectivity index (χ0v) is 10.4. The minimum atomic E-state index is -4.37. The van der Waals surface area contributed by atoms with Crippen molar-refractivity contribution in [2.45, 2.75) is 19.3 Å². The van der Waals surface area contributed by atoms with Crippen LogP contribution in [-0.4, -0.2) is 22.9 Å². The molecule has 0 saturated carbocycles. The highest BCUT2D eigenvalue weighted by molar-refractivity contribution is 5.54. The second kappa shape index (κ2) is 6.02. The van der Waals surface area contributed by atoms with E-state index in [0.717, 1.165) is 5.56 Å². The van der Waals surface area contributed by atoms with Crippen LogP contribution in [0.3, 0.4) is 0 Å². The van der Waals surface area contributed by atoms with Crippen LogP contribution in [-0.2, 0) is 17.9 Å². The second-order valence-electron chi connectivity index (χ2n) is 4.02. The molecule has 8 heteroatoms. The van der Waals surface area contributed by atoms with Gasteiger partial charge in [0.15, 0.2) is 0 Å². The van der Waals surface area contributed by atoms with Crippen molar-refractivity contribution in [3.8, 4) is 11.4 Å². The number of nitrogens with zero attached hydrogens (tertiary/aromatic N) is 2. The molecule has 20 heavy (non-hydrogen) atoms. The average Bonchev–Trinajstić information content (AvgIpc) is 2.86. The summed E-state index contributed by atoms with van der Waals surface area (Å²) in [5.41, 5.74) is 7.11. The fourth-order valence-corrected chi connectivity index (χ4v) is 1.47. The van der Waals surface area contributed by atoms with Gasteiger partial charge in [0, 0.05) is 12.1 Å². The van der Waals surface area contributed by atoms with Crippen LogP contribution in [0, 0.1) is 0 Å². The minimum absolute atomic E-state index is 0.00727. The minimum Gasteiger partial charge on any atom is -0.362 e. The van der Waals surface area contributed by atoms with Gasteiger partial charge in [-0.25, -0.2) is 0 Å². The molecule has 1 heterocycles. The van der Waals surface area contributed by atoms with Crippen molar-refractivity contribution < 1.29 is 22.4 Å². The molecule has 2 rings (SSSR count). The van der Waals surface area contributed by atoms with Gasteiger partial charge in [0.25, 0.3) is 5.89 Å². The molecule has 0 saturated heterocycles. The first-order valence-electron chi connectivity index (χ1n) is 5.74. The van der Waals surface area contributed by atoms with Crippen molar-refractivity contribution in [3.05, 3.63) is 35.7 Å². The van der Waals surface area contributed by atoms with Crippen LogP contribution in [0.15, 0.2) is 28.8 Å². The molecule has 2 aromatic rings. The predicted molar refractivity (Wildman–Crippen MR) is 63.3 cm³/mol. The van der Waals surface area contributed by atoms with Gasteiger partial charge in [-0.15, -0.1) is 0 Å². The molecule has 5 nitrogen and oxygen atoms in total. The van der Waals surface area contributed by atoms with E-state index in [4.69, 9.17) is 10.3 Å². The smallest absolute Gasteiger partial charge is 0.362 e. The zero-order chi connectivity index (χ0) is 14.6. The summed E-state index contributed by atoms with van der Waals surface area (Å²) in [6, 6.07) is 7.14. The van der Waals surface area contributed by atoms with E-state index in [0.29, 0.717) is 17.9 Å². The summed E-state index contributed by atoms with van der Waals surface area (Å²) in [6.07, 6.45) is -4.37. The van der Waals surface area contributed by atoms with E-state index in [2.05, 4.69) is 14.9 Å². The molecule has 1 aromatic carbocycles. The SMILES string of the molecule is NCc1ccc(-c2noc(COCC(F)(F)F)n2)cc1. The van der Waals surface area contributed by atoms with Crippen molar-refractivity contribution in [1.29, 1.82) is 0 Å². The lowest BCUT2D eigenvalue weighted by atomic mass is 10.1. The van der Waals surface area contributed by atoms with Crippen LogP contribution in [0.1, 0.15) is 11.5 Å². The van der Waals surface area contributed by atoms with Crippen molar-refractivity contribution in [2.24, 2.45) is 5.73 Å². The molecule has 0 aliphatic rings. The molecule has 0 aliphatic heterocycles. The van der Waals surface area contributed by atoms with Crippen LogP contribution in [0.4, 0.5) is 13.2 Å². The third-order valence-corrected chi connectivity index (χ3v) is 2.41. The maximum Gasteiger partial charge on any atom is 0.411 e. The monoisotopic (exact) mass is 287 g/mol. The summed E-state index contributed by atoms with van der Waals surface area (Å²) < 4.78 is 44.9. The molecule has 2 N–H and O–H groups in total. The van der Waals surface area contributed by atoms with Gasteiger partial charge in [-0.1, -0.05) is 29.4 Å². The molecule has 0 spiro atoms. The van der Waals surface area contributed by atoms with Gasteiger partial charge in [-0.2, -0.15) is 18.2 Å². The molecular formula is C12H12F3N3O2. The highest BCUT2D eigenvalue weighted by atomic mass is 19.4. The number of hydrogen-bond acceptors (Lipinski definition) is 5. The lowest BCUT2D eigenvalue weighted by Gasteiger charge is -2.04. The quantitative estimate of drug-likeness (QED) is 0.913. The van der Waals surface area contributed by atoms with Gasteiger partial charge in [-0.3, -0.25) is 0 Å². The molecular weight excluding hydrogens is 275 g/mol. The van der Waals surface area contributed by atoms with E-state index >= 15 is 0 Å². The number of halogens is 3. The molecule has 0 aliphatic carbocycles. The fourth-order valence-electron chi connectivity index (χ4n) is 1.47.